The van der Waals surface area contributed by atoms with Gasteiger partial charge in [-0.1, -0.05) is 42.8 Å². The van der Waals surface area contributed by atoms with Crippen LogP contribution in [0.2, 0.25) is 0 Å². The Morgan fingerprint density at radius 1 is 1.12 bits per heavy atom. The Morgan fingerprint density at radius 3 is 2.21 bits per heavy atom. The fourth-order valence-corrected chi connectivity index (χ4v) is 4.20. The molecule has 0 radical (unpaired) electrons. The van der Waals surface area contributed by atoms with Crippen LogP contribution in [0.25, 0.3) is 0 Å². The zero-order valence-electron chi connectivity index (χ0n) is 14.0. The average Bonchev–Trinajstić information content (AvgIpc) is 2.58. The summed E-state index contributed by atoms with van der Waals surface area (Å²) in [6.07, 6.45) is 6.47. The minimum atomic E-state index is -0.872. The fourth-order valence-electron chi connectivity index (χ4n) is 4.20. The van der Waals surface area contributed by atoms with E-state index in [0.717, 1.165) is 31.2 Å². The van der Waals surface area contributed by atoms with Gasteiger partial charge in [0, 0.05) is 13.1 Å². The second-order valence-electron chi connectivity index (χ2n) is 7.17. The number of carboxylic acids is 1. The quantitative estimate of drug-likeness (QED) is 0.844. The number of hydrogen-bond donors (Lipinski definition) is 1. The average molecular weight is 327 g/mol. The Hall–Kier alpha value is -2.10. The molecule has 1 aromatic carbocycles. The lowest BCUT2D eigenvalue weighted by atomic mass is 9.65. The van der Waals surface area contributed by atoms with Crippen LogP contribution in [0.15, 0.2) is 43.0 Å². The van der Waals surface area contributed by atoms with Crippen LogP contribution < -0.4 is 0 Å². The van der Waals surface area contributed by atoms with Gasteiger partial charge < -0.3 is 10.0 Å². The predicted molar refractivity (Wildman–Crippen MR) is 92.7 cm³/mol. The molecule has 0 bridgehead atoms. The molecule has 0 aromatic heterocycles. The van der Waals surface area contributed by atoms with Crippen LogP contribution in [-0.4, -0.2) is 35.0 Å². The third-order valence-corrected chi connectivity index (χ3v) is 5.94. The molecule has 1 aliphatic heterocycles. The molecule has 1 saturated carbocycles. The van der Waals surface area contributed by atoms with Gasteiger partial charge in [-0.25, -0.2) is 0 Å². The third kappa shape index (κ3) is 2.64. The Morgan fingerprint density at radius 2 is 1.75 bits per heavy atom. The summed E-state index contributed by atoms with van der Waals surface area (Å²) in [6, 6.07) is 9.43. The van der Waals surface area contributed by atoms with E-state index in [0.29, 0.717) is 25.9 Å². The van der Waals surface area contributed by atoms with Gasteiger partial charge in [0.25, 0.3) is 0 Å². The highest BCUT2D eigenvalue weighted by molar-refractivity contribution is 5.85. The second-order valence-corrected chi connectivity index (χ2v) is 7.17. The van der Waals surface area contributed by atoms with Crippen molar-refractivity contribution in [3.63, 3.8) is 0 Å². The summed E-state index contributed by atoms with van der Waals surface area (Å²) >= 11 is 0. The molecule has 1 heterocycles. The van der Waals surface area contributed by atoms with Crippen molar-refractivity contribution in [2.75, 3.05) is 13.1 Å². The molecule has 0 unspecified atom stereocenters. The number of amides is 1. The Bertz CT molecular complexity index is 626. The highest BCUT2D eigenvalue weighted by Crippen LogP contribution is 2.47. The lowest BCUT2D eigenvalue weighted by Gasteiger charge is -2.46. The van der Waals surface area contributed by atoms with Crippen LogP contribution in [0, 0.1) is 5.41 Å². The molecule has 1 aromatic rings. The third-order valence-electron chi connectivity index (χ3n) is 5.94. The molecule has 2 fully saturated rings. The van der Waals surface area contributed by atoms with Crippen LogP contribution >= 0.6 is 0 Å². The van der Waals surface area contributed by atoms with Gasteiger partial charge in [-0.05, 0) is 37.7 Å². The molecule has 1 amide bonds. The summed E-state index contributed by atoms with van der Waals surface area (Å²) in [5.74, 6) is -0.592. The number of benzene rings is 1. The van der Waals surface area contributed by atoms with E-state index in [-0.39, 0.29) is 11.3 Å². The van der Waals surface area contributed by atoms with Gasteiger partial charge in [-0.2, -0.15) is 0 Å². The number of aliphatic carboxylic acids is 1. The molecule has 24 heavy (non-hydrogen) atoms. The predicted octanol–water partition coefficient (Wildman–Crippen LogP) is 3.38. The van der Waals surface area contributed by atoms with Crippen molar-refractivity contribution in [3.05, 3.63) is 48.6 Å². The number of hydrogen-bond acceptors (Lipinski definition) is 2. The summed E-state index contributed by atoms with van der Waals surface area (Å²) in [7, 11) is 0. The molecule has 4 nitrogen and oxygen atoms in total. The molecular formula is C20H25NO3. The number of carbonyl (C=O) groups excluding carboxylic acids is 1. The van der Waals surface area contributed by atoms with Gasteiger partial charge in [0.2, 0.25) is 5.91 Å². The van der Waals surface area contributed by atoms with Gasteiger partial charge >= 0.3 is 5.97 Å². The first-order valence-corrected chi connectivity index (χ1v) is 8.73. The molecule has 1 saturated heterocycles. The number of carboxylic acid groups (broad SMARTS) is 1. The number of piperidine rings is 1. The zero-order chi connectivity index (χ0) is 17.2. The molecule has 3 rings (SSSR count). The molecule has 0 spiro atoms. The SMILES string of the molecule is C=CCC1(C(=O)N2CCC(C(=O)O)(c3ccccc3)CC2)CCC1. The first-order valence-electron chi connectivity index (χ1n) is 8.73. The summed E-state index contributed by atoms with van der Waals surface area (Å²) in [6.45, 7) is 4.82. The molecule has 1 aliphatic carbocycles. The first-order chi connectivity index (χ1) is 11.5. The van der Waals surface area contributed by atoms with E-state index in [2.05, 4.69) is 6.58 Å². The van der Waals surface area contributed by atoms with Crippen molar-refractivity contribution in [3.8, 4) is 0 Å². The highest BCUT2D eigenvalue weighted by atomic mass is 16.4. The van der Waals surface area contributed by atoms with Gasteiger partial charge in [-0.3, -0.25) is 9.59 Å². The fraction of sp³-hybridized carbons (Fsp3) is 0.500. The van der Waals surface area contributed by atoms with Crippen molar-refractivity contribution in [1.82, 2.24) is 4.90 Å². The Balaban J connectivity index is 1.75. The first kappa shape index (κ1) is 16.7. The maximum atomic E-state index is 12.9. The lowest BCUT2D eigenvalue weighted by molar-refractivity contribution is -0.154. The summed E-state index contributed by atoms with van der Waals surface area (Å²) < 4.78 is 0. The van der Waals surface area contributed by atoms with Crippen LogP contribution in [0.5, 0.6) is 0 Å². The minimum Gasteiger partial charge on any atom is -0.481 e. The Labute approximate surface area is 143 Å². The van der Waals surface area contributed by atoms with Gasteiger partial charge in [0.15, 0.2) is 0 Å². The molecule has 4 heteroatoms. The van der Waals surface area contributed by atoms with E-state index in [9.17, 15) is 14.7 Å². The molecule has 0 atom stereocenters. The van der Waals surface area contributed by atoms with Crippen LogP contribution in [0.1, 0.15) is 44.1 Å². The van der Waals surface area contributed by atoms with E-state index in [4.69, 9.17) is 0 Å². The van der Waals surface area contributed by atoms with Crippen LogP contribution in [0.4, 0.5) is 0 Å². The zero-order valence-corrected chi connectivity index (χ0v) is 14.0. The van der Waals surface area contributed by atoms with Crippen molar-refractivity contribution < 1.29 is 14.7 Å². The topological polar surface area (TPSA) is 57.6 Å². The van der Waals surface area contributed by atoms with Gasteiger partial charge in [-0.15, -0.1) is 6.58 Å². The summed E-state index contributed by atoms with van der Waals surface area (Å²) in [4.78, 5) is 26.8. The number of likely N-dealkylation sites (tertiary alicyclic amines) is 1. The monoisotopic (exact) mass is 327 g/mol. The van der Waals surface area contributed by atoms with Crippen molar-refractivity contribution >= 4 is 11.9 Å². The van der Waals surface area contributed by atoms with E-state index in [1.807, 2.05) is 41.3 Å². The van der Waals surface area contributed by atoms with Crippen molar-refractivity contribution in [2.24, 2.45) is 5.41 Å². The second kappa shape index (κ2) is 6.42. The number of nitrogens with zero attached hydrogens (tertiary/aromatic N) is 1. The number of carbonyl (C=O) groups is 2. The van der Waals surface area contributed by atoms with E-state index in [1.165, 1.54) is 0 Å². The Kier molecular flexibility index (Phi) is 4.48. The standard InChI is InChI=1S/C20H25NO3/c1-2-9-19(10-6-11-19)17(22)21-14-12-20(13-15-21,18(23)24)16-7-4-3-5-8-16/h2-5,7-8H,1,6,9-15H2,(H,23,24). The van der Waals surface area contributed by atoms with E-state index < -0.39 is 11.4 Å². The largest absolute Gasteiger partial charge is 0.481 e. The lowest BCUT2D eigenvalue weighted by Crippen LogP contribution is -2.54. The van der Waals surface area contributed by atoms with E-state index in [1.54, 1.807) is 0 Å². The van der Waals surface area contributed by atoms with Gasteiger partial charge in [0.1, 0.15) is 0 Å². The highest BCUT2D eigenvalue weighted by Gasteiger charge is 2.49. The number of allylic oxidation sites excluding steroid dienone is 1. The molecule has 1 N–H and O–H groups in total. The number of rotatable bonds is 5. The van der Waals surface area contributed by atoms with E-state index >= 15 is 0 Å². The van der Waals surface area contributed by atoms with Crippen molar-refractivity contribution in [2.45, 2.75) is 43.9 Å². The molecule has 128 valence electrons. The normalized spacial score (nSPS) is 21.6. The minimum absolute atomic E-state index is 0.195. The summed E-state index contributed by atoms with van der Waals surface area (Å²) in [5.41, 5.74) is -0.296. The van der Waals surface area contributed by atoms with Crippen LogP contribution in [-0.2, 0) is 15.0 Å². The maximum Gasteiger partial charge on any atom is 0.314 e. The molecule has 2 aliphatic rings. The maximum absolute atomic E-state index is 12.9. The summed E-state index contributed by atoms with van der Waals surface area (Å²) in [5, 5.41) is 9.85. The van der Waals surface area contributed by atoms with Gasteiger partial charge in [0.05, 0.1) is 10.8 Å². The van der Waals surface area contributed by atoms with Crippen LogP contribution in [0.3, 0.4) is 0 Å². The molecular weight excluding hydrogens is 302 g/mol. The van der Waals surface area contributed by atoms with Crippen molar-refractivity contribution in [1.29, 1.82) is 0 Å². The smallest absolute Gasteiger partial charge is 0.314 e.